The number of aromatic amines is 1. The number of benzene rings is 3. The number of hydrogen-bond donors (Lipinski definition) is 1. The van der Waals surface area contributed by atoms with E-state index in [0.29, 0.717) is 5.56 Å². The predicted molar refractivity (Wildman–Crippen MR) is 159 cm³/mol. The lowest BCUT2D eigenvalue weighted by Gasteiger charge is -2.50. The van der Waals surface area contributed by atoms with Gasteiger partial charge in [-0.25, -0.2) is 9.46 Å². The van der Waals surface area contributed by atoms with Crippen molar-refractivity contribution in [3.8, 4) is 0 Å². The fourth-order valence-corrected chi connectivity index (χ4v) is 6.18. The smallest absolute Gasteiger partial charge is 0.326 e. The van der Waals surface area contributed by atoms with Crippen LogP contribution in [0.1, 0.15) is 28.5 Å². The summed E-state index contributed by atoms with van der Waals surface area (Å²) in [4.78, 5) is 29.7. The van der Waals surface area contributed by atoms with Gasteiger partial charge in [-0.15, -0.1) is 0 Å². The van der Waals surface area contributed by atoms with Crippen molar-refractivity contribution in [1.82, 2.24) is 19.1 Å². The van der Waals surface area contributed by atoms with Crippen molar-refractivity contribution in [2.24, 2.45) is 0 Å². The molecule has 1 saturated heterocycles. The van der Waals surface area contributed by atoms with Crippen LogP contribution in [0.3, 0.4) is 0 Å². The number of aryl methyl sites for hydroxylation is 1. The second kappa shape index (κ2) is 11.9. The van der Waals surface area contributed by atoms with Crippen LogP contribution in [0.2, 0.25) is 0 Å². The molecule has 0 aliphatic carbocycles. The molecule has 2 heterocycles. The summed E-state index contributed by atoms with van der Waals surface area (Å²) in [6.45, 7) is -1.77. The van der Waals surface area contributed by atoms with E-state index in [1.54, 1.807) is 21.0 Å². The summed E-state index contributed by atoms with van der Waals surface area (Å²) >= 11 is 6.33. The lowest BCUT2D eigenvalue weighted by molar-refractivity contribution is -0.207. The third kappa shape index (κ3) is 5.75. The van der Waals surface area contributed by atoms with Crippen LogP contribution in [0, 0.1) is 6.92 Å². The Morgan fingerprint density at radius 1 is 0.902 bits per heavy atom. The molecule has 5 rings (SSSR count). The Kier molecular flexibility index (Phi) is 8.47. The van der Waals surface area contributed by atoms with E-state index in [9.17, 15) is 14.2 Å². The summed E-state index contributed by atoms with van der Waals surface area (Å²) in [5.74, 6) is 0. The molecular formula is C30H32ClN4O5P. The minimum Gasteiger partial charge on any atom is -0.326 e. The molecule has 41 heavy (non-hydrogen) atoms. The average Bonchev–Trinajstić information content (AvgIpc) is 2.97. The fraction of sp³-hybridized carbons (Fsp3) is 0.267. The Bertz CT molecular complexity index is 1550. The number of aromatic nitrogens is 2. The predicted octanol–water partition coefficient (Wildman–Crippen LogP) is 4.92. The molecule has 0 radical (unpaired) electrons. The normalized spacial score (nSPS) is 19.6. The lowest BCUT2D eigenvalue weighted by Crippen LogP contribution is -2.58. The Morgan fingerprint density at radius 3 is 1.85 bits per heavy atom. The maximum atomic E-state index is 13.2. The van der Waals surface area contributed by atoms with Crippen LogP contribution in [-0.4, -0.2) is 52.6 Å². The number of H-pyrrole nitrogens is 1. The third-order valence-electron chi connectivity index (χ3n) is 7.29. The quantitative estimate of drug-likeness (QED) is 0.228. The second-order valence-corrected chi connectivity index (χ2v) is 13.3. The van der Waals surface area contributed by atoms with E-state index < -0.39 is 36.2 Å². The number of hydrogen-bond acceptors (Lipinski definition) is 6. The van der Waals surface area contributed by atoms with Crippen LogP contribution in [0.5, 0.6) is 0 Å². The molecule has 1 N–H and O–H groups in total. The van der Waals surface area contributed by atoms with Gasteiger partial charge < -0.3 is 4.74 Å². The molecule has 3 aromatic carbocycles. The summed E-state index contributed by atoms with van der Waals surface area (Å²) in [5.41, 5.74) is 1.30. The van der Waals surface area contributed by atoms with Crippen LogP contribution in [-0.2, 0) is 19.4 Å². The lowest BCUT2D eigenvalue weighted by atomic mass is 9.75. The number of nitrogens with one attached hydrogen (secondary N) is 1. The molecule has 11 heteroatoms. The maximum Gasteiger partial charge on any atom is 0.364 e. The number of morpholine rings is 1. The van der Waals surface area contributed by atoms with E-state index in [2.05, 4.69) is 46.3 Å². The van der Waals surface area contributed by atoms with Crippen molar-refractivity contribution in [2.45, 2.75) is 25.0 Å². The van der Waals surface area contributed by atoms with Gasteiger partial charge in [-0.2, -0.15) is 0 Å². The molecule has 0 saturated carbocycles. The summed E-state index contributed by atoms with van der Waals surface area (Å²) in [5, 5.41) is 0. The highest BCUT2D eigenvalue weighted by Gasteiger charge is 2.48. The Labute approximate surface area is 243 Å². The van der Waals surface area contributed by atoms with Crippen molar-refractivity contribution in [3.05, 3.63) is 140 Å². The third-order valence-corrected chi connectivity index (χ3v) is 9.88. The van der Waals surface area contributed by atoms with E-state index in [1.165, 1.54) is 15.4 Å². The minimum absolute atomic E-state index is 0.164. The first-order chi connectivity index (χ1) is 19.6. The average molecular weight is 595 g/mol. The van der Waals surface area contributed by atoms with Crippen molar-refractivity contribution < 1.29 is 13.8 Å². The second-order valence-electron chi connectivity index (χ2n) is 10.1. The van der Waals surface area contributed by atoms with Gasteiger partial charge >= 0.3 is 12.6 Å². The van der Waals surface area contributed by atoms with Gasteiger partial charge in [-0.05, 0) is 49.0 Å². The summed E-state index contributed by atoms with van der Waals surface area (Å²) < 4.78 is 28.0. The van der Waals surface area contributed by atoms with Crippen molar-refractivity contribution in [2.75, 3.05) is 27.2 Å². The Morgan fingerprint density at radius 2 is 1.39 bits per heavy atom. The van der Waals surface area contributed by atoms with E-state index in [4.69, 9.17) is 20.5 Å². The molecular weight excluding hydrogens is 563 g/mol. The van der Waals surface area contributed by atoms with Gasteiger partial charge in [-0.3, -0.25) is 28.3 Å². The van der Waals surface area contributed by atoms with Crippen LogP contribution in [0.25, 0.3) is 0 Å². The van der Waals surface area contributed by atoms with Crippen LogP contribution < -0.4 is 11.2 Å². The zero-order chi connectivity index (χ0) is 29.2. The van der Waals surface area contributed by atoms with Gasteiger partial charge in [0.15, 0.2) is 12.5 Å². The highest BCUT2D eigenvalue weighted by molar-refractivity contribution is 7.83. The number of halogens is 1. The number of ether oxygens (including phenoxy) is 1. The van der Waals surface area contributed by atoms with Gasteiger partial charge in [0.05, 0.1) is 12.1 Å². The van der Waals surface area contributed by atoms with Gasteiger partial charge in [0.2, 0.25) is 0 Å². The zero-order valence-electron chi connectivity index (χ0n) is 23.0. The van der Waals surface area contributed by atoms with Crippen molar-refractivity contribution in [1.29, 1.82) is 0 Å². The fourth-order valence-electron chi connectivity index (χ4n) is 5.31. The number of rotatable bonds is 8. The molecule has 3 atom stereocenters. The molecule has 9 nitrogen and oxygen atoms in total. The first-order valence-electron chi connectivity index (χ1n) is 13.2. The van der Waals surface area contributed by atoms with Crippen LogP contribution in [0.15, 0.2) is 107 Å². The van der Waals surface area contributed by atoms with Gasteiger partial charge in [0.1, 0.15) is 0 Å². The van der Waals surface area contributed by atoms with Gasteiger partial charge in [0.25, 0.3) is 5.56 Å². The molecule has 4 aromatic rings. The monoisotopic (exact) mass is 594 g/mol. The first-order valence-corrected chi connectivity index (χ1v) is 15.7. The molecule has 1 fully saturated rings. The largest absolute Gasteiger partial charge is 0.364 e. The Balaban J connectivity index is 1.75. The summed E-state index contributed by atoms with van der Waals surface area (Å²) in [6.07, 6.45) is -0.534. The van der Waals surface area contributed by atoms with E-state index >= 15 is 0 Å². The first kappa shape index (κ1) is 29.2. The molecule has 0 amide bonds. The van der Waals surface area contributed by atoms with Crippen LogP contribution >= 0.6 is 18.1 Å². The summed E-state index contributed by atoms with van der Waals surface area (Å²) in [7, 11) is 3.12. The van der Waals surface area contributed by atoms with Gasteiger partial charge in [-0.1, -0.05) is 91.0 Å². The van der Waals surface area contributed by atoms with E-state index in [0.717, 1.165) is 16.7 Å². The van der Waals surface area contributed by atoms with E-state index in [-0.39, 0.29) is 13.1 Å². The molecule has 3 unspecified atom stereocenters. The van der Waals surface area contributed by atoms with Crippen molar-refractivity contribution in [3.63, 3.8) is 0 Å². The molecule has 1 aliphatic rings. The topological polar surface area (TPSA) is 96.9 Å². The van der Waals surface area contributed by atoms with Gasteiger partial charge in [0, 0.05) is 18.3 Å². The molecule has 0 bridgehead atoms. The van der Waals surface area contributed by atoms with Crippen LogP contribution in [0.4, 0.5) is 0 Å². The number of nitrogens with zero attached hydrogens (tertiary/aromatic N) is 3. The zero-order valence-corrected chi connectivity index (χ0v) is 24.7. The Hall–Kier alpha value is -3.30. The minimum atomic E-state index is -3.77. The highest BCUT2D eigenvalue weighted by Crippen LogP contribution is 2.56. The summed E-state index contributed by atoms with van der Waals surface area (Å²) in [6, 6.07) is 30.1. The molecule has 1 aromatic heterocycles. The SMILES string of the molecule is Cc1cn(C2CN(C(c3ccccc3)(c3ccccc3)c3ccccc3)CC(OP(=O)(Cl)N(C)C)O2)c(=O)[nH]c1=O. The highest BCUT2D eigenvalue weighted by atomic mass is 35.7. The molecule has 214 valence electrons. The standard InChI is InChI=1S/C30H32ClN4O5P/c1-22-19-35(29(37)32-28(22)36)26-20-34(21-27(39-26)40-41(31,38)33(2)3)30(23-13-7-4-8-14-23,24-15-9-5-10-16-24)25-17-11-6-12-18-25/h4-19,26-27H,20-21H2,1-3H3,(H,32,36,37). The van der Waals surface area contributed by atoms with Crippen molar-refractivity contribution >= 4 is 18.1 Å². The maximum absolute atomic E-state index is 13.2. The molecule has 0 spiro atoms. The van der Waals surface area contributed by atoms with E-state index in [1.807, 2.05) is 54.6 Å². The molecule has 1 aliphatic heterocycles.